The minimum atomic E-state index is -3.40. The Balaban J connectivity index is 1.96. The Labute approximate surface area is 186 Å². The van der Waals surface area contributed by atoms with Gasteiger partial charge in [0.1, 0.15) is 4.88 Å². The largest absolute Gasteiger partial charge is 0.465 e. The SMILES string of the molecule is CCC#CCC(C)C(O)/C=C/[C@H]1CC(F)(F)C(=O)N1CCCc1ccc(C(=O)OC)s1. The van der Waals surface area contributed by atoms with Gasteiger partial charge < -0.3 is 14.7 Å². The van der Waals surface area contributed by atoms with Crippen LogP contribution in [0.25, 0.3) is 0 Å². The number of alkyl halides is 2. The maximum absolute atomic E-state index is 14.1. The topological polar surface area (TPSA) is 66.8 Å². The minimum Gasteiger partial charge on any atom is -0.465 e. The molecule has 1 N–H and O–H groups in total. The Morgan fingerprint density at radius 2 is 2.19 bits per heavy atom. The molecule has 0 aliphatic carbocycles. The number of methoxy groups -OCH3 is 1. The molecule has 1 aromatic rings. The van der Waals surface area contributed by atoms with Gasteiger partial charge in [0.05, 0.1) is 19.3 Å². The summed E-state index contributed by atoms with van der Waals surface area (Å²) in [7, 11) is 1.31. The van der Waals surface area contributed by atoms with E-state index in [0.717, 1.165) is 11.3 Å². The Morgan fingerprint density at radius 1 is 1.45 bits per heavy atom. The average molecular weight is 454 g/mol. The maximum Gasteiger partial charge on any atom is 0.348 e. The van der Waals surface area contributed by atoms with Crippen LogP contribution in [0.4, 0.5) is 8.78 Å². The summed E-state index contributed by atoms with van der Waals surface area (Å²) in [6.07, 6.45) is 3.88. The number of nitrogens with zero attached hydrogens (tertiary/aromatic N) is 1. The van der Waals surface area contributed by atoms with Gasteiger partial charge in [-0.3, -0.25) is 4.79 Å². The van der Waals surface area contributed by atoms with Crippen LogP contribution in [0.1, 0.15) is 54.1 Å². The van der Waals surface area contributed by atoms with Crippen molar-refractivity contribution in [2.45, 2.75) is 64.0 Å². The predicted octanol–water partition coefficient (Wildman–Crippen LogP) is 4.06. The van der Waals surface area contributed by atoms with Crippen molar-refractivity contribution < 1.29 is 28.2 Å². The predicted molar refractivity (Wildman–Crippen MR) is 116 cm³/mol. The molecule has 8 heteroatoms. The quantitative estimate of drug-likeness (QED) is 0.348. The average Bonchev–Trinajstić information content (AvgIpc) is 3.29. The lowest BCUT2D eigenvalue weighted by Gasteiger charge is -2.22. The van der Waals surface area contributed by atoms with E-state index in [9.17, 15) is 23.5 Å². The summed E-state index contributed by atoms with van der Waals surface area (Å²) in [4.78, 5) is 26.3. The summed E-state index contributed by atoms with van der Waals surface area (Å²) in [6.45, 7) is 3.95. The number of ether oxygens (including phenoxy) is 1. The number of halogens is 2. The fourth-order valence-electron chi connectivity index (χ4n) is 3.32. The summed E-state index contributed by atoms with van der Waals surface area (Å²) in [6, 6.07) is 2.70. The van der Waals surface area contributed by atoms with Gasteiger partial charge in [0.15, 0.2) is 0 Å². The van der Waals surface area contributed by atoms with E-state index in [-0.39, 0.29) is 12.5 Å². The molecule has 2 rings (SSSR count). The van der Waals surface area contributed by atoms with E-state index in [0.29, 0.717) is 24.1 Å². The first-order chi connectivity index (χ1) is 14.7. The van der Waals surface area contributed by atoms with E-state index in [1.54, 1.807) is 12.1 Å². The van der Waals surface area contributed by atoms with Gasteiger partial charge in [-0.2, -0.15) is 8.78 Å². The van der Waals surface area contributed by atoms with Crippen molar-refractivity contribution in [3.63, 3.8) is 0 Å². The molecule has 0 saturated carbocycles. The summed E-state index contributed by atoms with van der Waals surface area (Å²) >= 11 is 1.29. The van der Waals surface area contributed by atoms with Gasteiger partial charge in [0.25, 0.3) is 5.91 Å². The lowest BCUT2D eigenvalue weighted by Crippen LogP contribution is -2.36. The summed E-state index contributed by atoms with van der Waals surface area (Å²) in [5, 5.41) is 10.3. The number of thiophene rings is 1. The molecule has 0 bridgehead atoms. The molecule has 0 spiro atoms. The Kier molecular flexibility index (Phi) is 9.20. The van der Waals surface area contributed by atoms with Gasteiger partial charge in [0.2, 0.25) is 0 Å². The van der Waals surface area contributed by atoms with E-state index in [4.69, 9.17) is 0 Å². The van der Waals surface area contributed by atoms with Crippen molar-refractivity contribution in [1.29, 1.82) is 0 Å². The lowest BCUT2D eigenvalue weighted by atomic mass is 9.99. The Hall–Kier alpha value is -2.24. The smallest absolute Gasteiger partial charge is 0.348 e. The molecule has 170 valence electrons. The van der Waals surface area contributed by atoms with E-state index >= 15 is 0 Å². The number of aliphatic hydroxyl groups is 1. The number of aryl methyl sites for hydroxylation is 1. The molecular formula is C23H29F2NO4S. The molecule has 31 heavy (non-hydrogen) atoms. The number of aliphatic hydroxyl groups excluding tert-OH is 1. The lowest BCUT2D eigenvalue weighted by molar-refractivity contribution is -0.148. The molecule has 2 heterocycles. The first-order valence-corrected chi connectivity index (χ1v) is 11.2. The molecule has 1 aromatic heterocycles. The second kappa shape index (κ2) is 11.4. The molecule has 0 aromatic carbocycles. The highest BCUT2D eigenvalue weighted by atomic mass is 32.1. The summed E-state index contributed by atoms with van der Waals surface area (Å²) in [5.74, 6) is 0.781. The fourth-order valence-corrected chi connectivity index (χ4v) is 4.28. The first kappa shape index (κ1) is 25.0. The zero-order valence-corrected chi connectivity index (χ0v) is 18.9. The van der Waals surface area contributed by atoms with Crippen LogP contribution in [-0.4, -0.2) is 53.6 Å². The second-order valence-electron chi connectivity index (χ2n) is 7.60. The summed E-state index contributed by atoms with van der Waals surface area (Å²) < 4.78 is 32.8. The molecular weight excluding hydrogens is 424 g/mol. The number of likely N-dealkylation sites (tertiary alicyclic amines) is 1. The van der Waals surface area contributed by atoms with Crippen molar-refractivity contribution in [3.05, 3.63) is 34.0 Å². The van der Waals surface area contributed by atoms with E-state index < -0.39 is 36.4 Å². The number of amides is 1. The molecule has 2 unspecified atom stereocenters. The standard InChI is InChI=1S/C23H29F2NO4S/c1-4-5-6-8-16(2)19(27)12-10-17-15-23(24,25)22(29)26(17)14-7-9-18-11-13-20(31-18)21(28)30-3/h10-13,16-17,19,27H,4,7-9,14-15H2,1-3H3/b12-10+/t16?,17-,19?/m0/s1. The van der Waals surface area contributed by atoms with Crippen LogP contribution in [0.15, 0.2) is 24.3 Å². The van der Waals surface area contributed by atoms with Crippen molar-refractivity contribution >= 4 is 23.2 Å². The van der Waals surface area contributed by atoms with Crippen molar-refractivity contribution in [3.8, 4) is 11.8 Å². The molecule has 1 aliphatic rings. The van der Waals surface area contributed by atoms with E-state index in [1.165, 1.54) is 35.5 Å². The fraction of sp³-hybridized carbons (Fsp3) is 0.565. The second-order valence-corrected chi connectivity index (χ2v) is 8.77. The van der Waals surface area contributed by atoms with Crippen LogP contribution in [0, 0.1) is 17.8 Å². The van der Waals surface area contributed by atoms with Crippen molar-refractivity contribution in [2.24, 2.45) is 5.92 Å². The Bertz CT molecular complexity index is 855. The normalized spacial score (nSPS) is 19.9. The number of esters is 1. The number of carbonyl (C=O) groups excluding carboxylic acids is 2. The van der Waals surface area contributed by atoms with Gasteiger partial charge in [-0.05, 0) is 30.9 Å². The molecule has 1 fully saturated rings. The van der Waals surface area contributed by atoms with Gasteiger partial charge in [-0.15, -0.1) is 23.2 Å². The number of carbonyl (C=O) groups is 2. The van der Waals surface area contributed by atoms with Gasteiger partial charge in [-0.25, -0.2) is 4.79 Å². The molecule has 3 atom stereocenters. The van der Waals surface area contributed by atoms with E-state index in [2.05, 4.69) is 16.6 Å². The van der Waals surface area contributed by atoms with Crippen LogP contribution in [-0.2, 0) is 16.0 Å². The highest BCUT2D eigenvalue weighted by Gasteiger charge is 2.52. The molecule has 5 nitrogen and oxygen atoms in total. The van der Waals surface area contributed by atoms with Crippen molar-refractivity contribution in [2.75, 3.05) is 13.7 Å². The van der Waals surface area contributed by atoms with Crippen LogP contribution < -0.4 is 0 Å². The third-order valence-electron chi connectivity index (χ3n) is 5.15. The van der Waals surface area contributed by atoms with Gasteiger partial charge >= 0.3 is 11.9 Å². The molecule has 0 radical (unpaired) electrons. The van der Waals surface area contributed by atoms with Crippen molar-refractivity contribution in [1.82, 2.24) is 4.90 Å². The third kappa shape index (κ3) is 6.88. The number of rotatable bonds is 9. The first-order valence-electron chi connectivity index (χ1n) is 10.4. The van der Waals surface area contributed by atoms with Crippen LogP contribution >= 0.6 is 11.3 Å². The molecule has 1 aliphatic heterocycles. The Morgan fingerprint density at radius 3 is 2.87 bits per heavy atom. The van der Waals surface area contributed by atoms with Gasteiger partial charge in [-0.1, -0.05) is 26.0 Å². The monoisotopic (exact) mass is 453 g/mol. The summed E-state index contributed by atoms with van der Waals surface area (Å²) in [5.41, 5.74) is 0. The number of hydrogen-bond donors (Lipinski definition) is 1. The number of hydrogen-bond acceptors (Lipinski definition) is 5. The molecule has 1 amide bonds. The molecule has 1 saturated heterocycles. The van der Waals surface area contributed by atoms with Crippen LogP contribution in [0.3, 0.4) is 0 Å². The highest BCUT2D eigenvalue weighted by molar-refractivity contribution is 7.13. The van der Waals surface area contributed by atoms with Gasteiger partial charge in [0, 0.05) is 30.7 Å². The zero-order chi connectivity index (χ0) is 23.0. The minimum absolute atomic E-state index is 0.135. The zero-order valence-electron chi connectivity index (χ0n) is 18.1. The third-order valence-corrected chi connectivity index (χ3v) is 6.27. The van der Waals surface area contributed by atoms with E-state index in [1.807, 2.05) is 13.8 Å². The maximum atomic E-state index is 14.1. The highest BCUT2D eigenvalue weighted by Crippen LogP contribution is 2.34. The van der Waals surface area contributed by atoms with Crippen LogP contribution in [0.5, 0.6) is 0 Å². The van der Waals surface area contributed by atoms with Crippen LogP contribution in [0.2, 0.25) is 0 Å².